The number of nitrogens with two attached hydrogens (primary N) is 1. The zero-order valence-corrected chi connectivity index (χ0v) is 39.7. The summed E-state index contributed by atoms with van der Waals surface area (Å²) in [5.74, 6) is 4.38. The SMILES string of the molecule is COC(=O)c1ccc(C(=O)NOCCNC(=O)CCCC[C@H]2SCC3NC(=O)NC32)cc1C.COC(=O)c1ccc(C(=O)O)cc1C.NOCCNC(=O)CCCC[C@H]1SCC2NC(=O)NC21. The predicted molar refractivity (Wildman–Crippen MR) is 249 cm³/mol. The van der Waals surface area contributed by atoms with Crippen molar-refractivity contribution in [1.29, 1.82) is 0 Å². The minimum absolute atomic E-state index is 0.0369. The molecule has 4 saturated heterocycles. The minimum atomic E-state index is -1.01. The maximum atomic E-state index is 12.1. The number of aromatic carboxylic acids is 1. The number of carboxylic acids is 1. The Morgan fingerprint density at radius 3 is 1.60 bits per heavy atom. The lowest BCUT2D eigenvalue weighted by atomic mass is 10.0. The van der Waals surface area contributed by atoms with E-state index in [1.807, 2.05) is 23.5 Å². The summed E-state index contributed by atoms with van der Waals surface area (Å²) in [6.07, 6.45) is 6.52. The van der Waals surface area contributed by atoms with Gasteiger partial charge >= 0.3 is 30.0 Å². The molecule has 4 aliphatic heterocycles. The Morgan fingerprint density at radius 1 is 0.687 bits per heavy atom. The van der Waals surface area contributed by atoms with Crippen LogP contribution >= 0.6 is 23.5 Å². The van der Waals surface area contributed by atoms with Gasteiger partial charge in [-0.15, -0.1) is 0 Å². The number of methoxy groups -OCH3 is 2. The van der Waals surface area contributed by atoms with Gasteiger partial charge in [0.2, 0.25) is 11.8 Å². The number of thioether (sulfide) groups is 2. The van der Waals surface area contributed by atoms with E-state index in [9.17, 15) is 38.4 Å². The Hall–Kier alpha value is -5.62. The molecule has 0 bridgehead atoms. The van der Waals surface area contributed by atoms with Crippen molar-refractivity contribution in [2.75, 3.05) is 52.0 Å². The third-order valence-electron chi connectivity index (χ3n) is 11.2. The summed E-state index contributed by atoms with van der Waals surface area (Å²) in [7, 11) is 2.58. The van der Waals surface area contributed by atoms with Crippen molar-refractivity contribution in [3.05, 3.63) is 69.8 Å². The molecule has 0 aromatic heterocycles. The summed E-state index contributed by atoms with van der Waals surface area (Å²) in [5, 5.41) is 26.8. The van der Waals surface area contributed by atoms with Crippen molar-refractivity contribution in [1.82, 2.24) is 37.4 Å². The number of carbonyl (C=O) groups is 8. The average molecular weight is 975 g/mol. The lowest BCUT2D eigenvalue weighted by Gasteiger charge is -2.16. The molecule has 0 radical (unpaired) electrons. The molecular weight excluding hydrogens is 913 g/mol. The summed E-state index contributed by atoms with van der Waals surface area (Å²) in [4.78, 5) is 101. The fourth-order valence-corrected chi connectivity index (χ4v) is 10.8. The van der Waals surface area contributed by atoms with E-state index in [1.54, 1.807) is 19.9 Å². The number of ether oxygens (including phenoxy) is 2. The van der Waals surface area contributed by atoms with E-state index in [4.69, 9.17) is 15.8 Å². The highest BCUT2D eigenvalue weighted by Gasteiger charge is 2.43. The second-order valence-corrected chi connectivity index (χ2v) is 18.5. The number of hydrogen-bond donors (Lipinski definition) is 9. The van der Waals surface area contributed by atoms with Crippen molar-refractivity contribution in [2.45, 2.75) is 99.9 Å². The van der Waals surface area contributed by atoms with Gasteiger partial charge in [0.1, 0.15) is 0 Å². The number of fused-ring (bicyclic) bond motifs is 2. The Balaban J connectivity index is 0.000000244. The smallest absolute Gasteiger partial charge is 0.338 e. The molecule has 10 N–H and O–H groups in total. The number of aryl methyl sites for hydroxylation is 2. The maximum absolute atomic E-state index is 12.1. The van der Waals surface area contributed by atoms with Crippen LogP contribution in [0.25, 0.3) is 0 Å². The zero-order chi connectivity index (χ0) is 48.9. The standard InChI is InChI=1S/C22H30N4O6S.C12H22N4O3S.C10H10O4/c1-13-11-14(7-8-15(13)21(29)31-2)20(28)26-32-10-9-23-18(27)6-4-3-5-17-19-16(12-33-17)24-22(30)25-19;13-19-6-5-14-10(17)4-2-1-3-9-11-8(7-20-9)15-12(18)16-11;1-6-5-7(9(11)12)3-4-8(6)10(13)14-2/h7-8,11,16-17,19H,3-6,9-10,12H2,1-2H3,(H,23,27)(H,26,28)(H2,24,25,30);8-9,11H,1-7,13H2,(H,14,17)(H2,15,16,18);3-5H,1-2H3,(H,11,12)/t16?,17-,19?;8?,9-,11?;/m11./s1. The predicted octanol–water partition coefficient (Wildman–Crippen LogP) is 2.48. The van der Waals surface area contributed by atoms with E-state index < -0.39 is 23.8 Å². The normalized spacial score (nSPS) is 20.7. The summed E-state index contributed by atoms with van der Waals surface area (Å²) < 4.78 is 9.22. The van der Waals surface area contributed by atoms with Crippen LogP contribution < -0.4 is 43.3 Å². The van der Waals surface area contributed by atoms with Gasteiger partial charge in [0.15, 0.2) is 0 Å². The van der Waals surface area contributed by atoms with Crippen LogP contribution in [0.5, 0.6) is 0 Å². The van der Waals surface area contributed by atoms with Crippen LogP contribution in [0.4, 0.5) is 9.59 Å². The maximum Gasteiger partial charge on any atom is 0.338 e. The molecule has 6 rings (SSSR count). The number of carboxylic acid groups (broad SMARTS) is 1. The summed E-state index contributed by atoms with van der Waals surface area (Å²) in [5.41, 5.74) is 4.84. The summed E-state index contributed by atoms with van der Waals surface area (Å²) >= 11 is 3.77. The zero-order valence-electron chi connectivity index (χ0n) is 38.1. The van der Waals surface area contributed by atoms with Gasteiger partial charge < -0.3 is 51.3 Å². The van der Waals surface area contributed by atoms with Crippen LogP contribution in [-0.4, -0.2) is 139 Å². The Labute approximate surface area is 397 Å². The van der Waals surface area contributed by atoms with Crippen LogP contribution in [0.3, 0.4) is 0 Å². The summed E-state index contributed by atoms with van der Waals surface area (Å²) in [6.45, 7) is 4.57. The highest BCUT2D eigenvalue weighted by Crippen LogP contribution is 2.34. The second kappa shape index (κ2) is 27.9. The monoisotopic (exact) mass is 974 g/mol. The molecule has 6 atom stereocenters. The number of hydrogen-bond acceptors (Lipinski definition) is 15. The molecule has 0 aliphatic carbocycles. The highest BCUT2D eigenvalue weighted by molar-refractivity contribution is 8.00. The molecule has 0 spiro atoms. The fraction of sp³-hybridized carbons (Fsp3) is 0.545. The topological polar surface area (TPSA) is 304 Å². The van der Waals surface area contributed by atoms with Gasteiger partial charge in [-0.05, 0) is 87.1 Å². The second-order valence-electron chi connectivity index (χ2n) is 15.9. The van der Waals surface area contributed by atoms with E-state index in [0.29, 0.717) is 64.3 Å². The molecular formula is C44H62N8O13S2. The number of hydroxylamine groups is 1. The average Bonchev–Trinajstić information content (AvgIpc) is 4.08. The lowest BCUT2D eigenvalue weighted by molar-refractivity contribution is -0.122. The molecule has 21 nitrogen and oxygen atoms in total. The number of benzene rings is 2. The minimum Gasteiger partial charge on any atom is -0.478 e. The molecule has 67 heavy (non-hydrogen) atoms. The van der Waals surface area contributed by atoms with Crippen LogP contribution in [-0.2, 0) is 28.7 Å². The number of urea groups is 2. The Bertz CT molecular complexity index is 2060. The molecule has 2 aromatic carbocycles. The van der Waals surface area contributed by atoms with E-state index in [-0.39, 0.29) is 66.8 Å². The van der Waals surface area contributed by atoms with Crippen molar-refractivity contribution in [2.24, 2.45) is 5.90 Å². The highest BCUT2D eigenvalue weighted by atomic mass is 32.2. The first kappa shape index (κ1) is 54.0. The third-order valence-corrected chi connectivity index (χ3v) is 14.2. The van der Waals surface area contributed by atoms with Crippen LogP contribution in [0.2, 0.25) is 0 Å². The van der Waals surface area contributed by atoms with Gasteiger partial charge in [-0.2, -0.15) is 23.5 Å². The number of nitrogens with one attached hydrogen (secondary N) is 7. The van der Waals surface area contributed by atoms with E-state index in [1.165, 1.54) is 44.6 Å². The summed E-state index contributed by atoms with van der Waals surface area (Å²) in [6, 6.07) is 9.70. The molecule has 0 saturated carbocycles. The lowest BCUT2D eigenvalue weighted by Crippen LogP contribution is -2.36. The molecule has 23 heteroatoms. The number of esters is 2. The van der Waals surface area contributed by atoms with Crippen molar-refractivity contribution in [3.8, 4) is 0 Å². The third kappa shape index (κ3) is 17.2. The van der Waals surface area contributed by atoms with Gasteiger partial charge in [-0.3, -0.25) is 19.2 Å². The van der Waals surface area contributed by atoms with Gasteiger partial charge in [-0.1, -0.05) is 12.8 Å². The molecule has 4 aliphatic rings. The Morgan fingerprint density at radius 2 is 1.15 bits per heavy atom. The van der Waals surface area contributed by atoms with E-state index >= 15 is 0 Å². The number of carbonyl (C=O) groups excluding carboxylic acids is 7. The van der Waals surface area contributed by atoms with Crippen molar-refractivity contribution < 1.29 is 62.6 Å². The molecule has 4 heterocycles. The van der Waals surface area contributed by atoms with Gasteiger partial charge in [0.25, 0.3) is 5.91 Å². The number of unbranched alkanes of at least 4 members (excludes halogenated alkanes) is 2. The van der Waals surface area contributed by atoms with Gasteiger partial charge in [0.05, 0.1) is 68.3 Å². The first-order chi connectivity index (χ1) is 32.1. The Kier molecular flexibility index (Phi) is 22.5. The fourth-order valence-electron chi connectivity index (χ4n) is 7.67. The first-order valence-corrected chi connectivity index (χ1v) is 24.0. The van der Waals surface area contributed by atoms with Crippen LogP contribution in [0.1, 0.15) is 104 Å². The first-order valence-electron chi connectivity index (χ1n) is 21.9. The van der Waals surface area contributed by atoms with Gasteiger partial charge in [0, 0.05) is 53.5 Å². The molecule has 4 unspecified atom stereocenters. The largest absolute Gasteiger partial charge is 0.478 e. The van der Waals surface area contributed by atoms with E-state index in [0.717, 1.165) is 50.0 Å². The number of rotatable bonds is 21. The van der Waals surface area contributed by atoms with Crippen molar-refractivity contribution >= 4 is 71.2 Å². The molecule has 368 valence electrons. The molecule has 2 aromatic rings. The quantitative estimate of drug-likeness (QED) is 0.0376. The molecule has 4 fully saturated rings. The molecule has 7 amide bonds. The van der Waals surface area contributed by atoms with Crippen LogP contribution in [0.15, 0.2) is 36.4 Å². The van der Waals surface area contributed by atoms with Crippen LogP contribution in [0, 0.1) is 13.8 Å². The van der Waals surface area contributed by atoms with E-state index in [2.05, 4.69) is 51.7 Å². The van der Waals surface area contributed by atoms with Crippen molar-refractivity contribution in [3.63, 3.8) is 0 Å². The van der Waals surface area contributed by atoms with Gasteiger partial charge in [-0.25, -0.2) is 35.3 Å². The number of amides is 7.